The van der Waals surface area contributed by atoms with Gasteiger partial charge in [-0.25, -0.2) is 19.7 Å². The molecule has 0 spiro atoms. The number of alkyl carbamates (subject to hydrolysis) is 1. The topological polar surface area (TPSA) is 92.7 Å². The van der Waals surface area contributed by atoms with Crippen LogP contribution in [-0.2, 0) is 23.5 Å². The molecule has 9 nitrogen and oxygen atoms in total. The van der Waals surface area contributed by atoms with Crippen molar-refractivity contribution in [1.29, 1.82) is 0 Å². The molecule has 15 heteroatoms. The molecule has 0 atom stereocenters. The summed E-state index contributed by atoms with van der Waals surface area (Å²) >= 11 is 0. The van der Waals surface area contributed by atoms with Crippen molar-refractivity contribution in [3.63, 3.8) is 0 Å². The first-order chi connectivity index (χ1) is 17.0. The number of aromatic nitrogens is 3. The minimum atomic E-state index is -4.62. The maximum absolute atomic E-state index is 13.1. The number of alkyl halides is 6. The molecule has 2 aromatic rings. The smallest absolute Gasteiger partial charge is 0.421 e. The van der Waals surface area contributed by atoms with Gasteiger partial charge >= 0.3 is 18.4 Å². The number of carbonyl (C=O) groups excluding carboxylic acids is 1. The first-order valence-electron chi connectivity index (χ1n) is 10.8. The van der Waals surface area contributed by atoms with Gasteiger partial charge in [0, 0.05) is 64.3 Å². The Morgan fingerprint density at radius 1 is 1.00 bits per heavy atom. The fourth-order valence-electron chi connectivity index (χ4n) is 3.43. The van der Waals surface area contributed by atoms with E-state index in [0.717, 1.165) is 25.6 Å². The maximum atomic E-state index is 13.1. The van der Waals surface area contributed by atoms with Gasteiger partial charge in [0.15, 0.2) is 0 Å². The van der Waals surface area contributed by atoms with E-state index in [4.69, 9.17) is 4.74 Å². The Morgan fingerprint density at radius 3 is 2.25 bits per heavy atom. The summed E-state index contributed by atoms with van der Waals surface area (Å²) in [7, 11) is 1.10. The van der Waals surface area contributed by atoms with E-state index in [-0.39, 0.29) is 31.1 Å². The minimum Gasteiger partial charge on any atom is -0.481 e. The Balaban J connectivity index is 1.34. The number of piperazine rings is 1. The third-order valence-electron chi connectivity index (χ3n) is 5.35. The molecule has 1 saturated heterocycles. The van der Waals surface area contributed by atoms with E-state index in [0.29, 0.717) is 32.7 Å². The van der Waals surface area contributed by atoms with Gasteiger partial charge in [-0.15, -0.1) is 0 Å². The van der Waals surface area contributed by atoms with Crippen molar-refractivity contribution >= 4 is 12.0 Å². The highest BCUT2D eigenvalue weighted by molar-refractivity contribution is 5.67. The second-order valence-electron chi connectivity index (χ2n) is 7.81. The number of carbonyl (C=O) groups is 1. The summed E-state index contributed by atoms with van der Waals surface area (Å²) < 4.78 is 86.7. The molecule has 1 amide bonds. The summed E-state index contributed by atoms with van der Waals surface area (Å²) in [4.78, 5) is 26.9. The van der Waals surface area contributed by atoms with Crippen LogP contribution in [-0.4, -0.2) is 78.9 Å². The predicted molar refractivity (Wildman–Crippen MR) is 115 cm³/mol. The number of rotatable bonds is 8. The first-order valence-corrected chi connectivity index (χ1v) is 10.8. The van der Waals surface area contributed by atoms with Crippen LogP contribution in [0.3, 0.4) is 0 Å². The molecule has 0 saturated carbocycles. The van der Waals surface area contributed by atoms with Crippen molar-refractivity contribution < 1.29 is 40.6 Å². The van der Waals surface area contributed by atoms with Gasteiger partial charge < -0.3 is 19.7 Å². The van der Waals surface area contributed by atoms with Crippen molar-refractivity contribution in [3.05, 3.63) is 41.3 Å². The number of ether oxygens (including phenoxy) is 2. The number of methoxy groups -OCH3 is 1. The third kappa shape index (κ3) is 7.57. The fourth-order valence-corrected chi connectivity index (χ4v) is 3.43. The lowest BCUT2D eigenvalue weighted by Crippen LogP contribution is -2.49. The lowest BCUT2D eigenvalue weighted by molar-refractivity contribution is -0.139. The van der Waals surface area contributed by atoms with Gasteiger partial charge in [-0.1, -0.05) is 0 Å². The van der Waals surface area contributed by atoms with Gasteiger partial charge in [-0.3, -0.25) is 4.90 Å². The summed E-state index contributed by atoms with van der Waals surface area (Å²) in [5.41, 5.74) is -1.67. The van der Waals surface area contributed by atoms with E-state index in [1.807, 2.05) is 4.90 Å². The van der Waals surface area contributed by atoms with Crippen LogP contribution in [0.25, 0.3) is 0 Å². The van der Waals surface area contributed by atoms with Crippen LogP contribution in [0.15, 0.2) is 24.7 Å². The Hall–Kier alpha value is -3.36. The van der Waals surface area contributed by atoms with Crippen LogP contribution < -0.4 is 15.0 Å². The van der Waals surface area contributed by atoms with Gasteiger partial charge in [0.1, 0.15) is 5.56 Å². The number of hydrogen-bond donors (Lipinski definition) is 1. The Labute approximate surface area is 202 Å². The summed E-state index contributed by atoms with van der Waals surface area (Å²) in [5, 5.41) is 2.57. The van der Waals surface area contributed by atoms with Crippen molar-refractivity contribution in [2.45, 2.75) is 18.8 Å². The summed E-state index contributed by atoms with van der Waals surface area (Å²) in [6, 6.07) is 0.905. The average Bonchev–Trinajstić information content (AvgIpc) is 2.83. The van der Waals surface area contributed by atoms with Crippen molar-refractivity contribution in [1.82, 2.24) is 25.2 Å². The molecule has 0 unspecified atom stereocenters. The summed E-state index contributed by atoms with van der Waals surface area (Å²) in [6.07, 6.45) is -7.04. The molecule has 0 bridgehead atoms. The molecule has 36 heavy (non-hydrogen) atoms. The predicted octanol–water partition coefficient (Wildman–Crippen LogP) is 3.01. The molecule has 2 aromatic heterocycles. The zero-order valence-electron chi connectivity index (χ0n) is 19.2. The van der Waals surface area contributed by atoms with Gasteiger partial charge in [-0.2, -0.15) is 26.3 Å². The minimum absolute atomic E-state index is 0.0431. The zero-order valence-corrected chi connectivity index (χ0v) is 19.2. The van der Waals surface area contributed by atoms with E-state index in [1.54, 1.807) is 4.90 Å². The molecule has 198 valence electrons. The first kappa shape index (κ1) is 27.2. The van der Waals surface area contributed by atoms with Crippen LogP contribution >= 0.6 is 0 Å². The van der Waals surface area contributed by atoms with Crippen molar-refractivity contribution in [2.75, 3.05) is 57.9 Å². The number of hydrogen-bond acceptors (Lipinski definition) is 8. The van der Waals surface area contributed by atoms with E-state index in [9.17, 15) is 31.1 Å². The summed E-state index contributed by atoms with van der Waals surface area (Å²) in [5.74, 6) is -0.309. The standard InChI is InChI=1S/C21H24F6N6O3/c1-35-17-16(21(25,26)27)10-14(11-29-17)2-9-36-19(34)28-3-4-32-5-7-33(8-6-32)18-30-12-15(13-31-18)20(22,23)24/h10-13H,2-9H2,1H3,(H,28,34). The van der Waals surface area contributed by atoms with E-state index in [2.05, 4.69) is 25.0 Å². The molecule has 0 radical (unpaired) electrons. The van der Waals surface area contributed by atoms with Crippen molar-refractivity contribution in [2.24, 2.45) is 0 Å². The molecule has 3 rings (SSSR count). The number of halogens is 6. The van der Waals surface area contributed by atoms with Crippen LogP contribution in [0.5, 0.6) is 5.88 Å². The second-order valence-corrected chi connectivity index (χ2v) is 7.81. The Morgan fingerprint density at radius 2 is 1.67 bits per heavy atom. The zero-order chi connectivity index (χ0) is 26.3. The quantitative estimate of drug-likeness (QED) is 0.530. The SMILES string of the molecule is COc1ncc(CCOC(=O)NCCN2CCN(c3ncc(C(F)(F)F)cn3)CC2)cc1C(F)(F)F. The van der Waals surface area contributed by atoms with Gasteiger partial charge in [0.25, 0.3) is 0 Å². The van der Waals surface area contributed by atoms with Gasteiger partial charge in [-0.05, 0) is 11.6 Å². The van der Waals surface area contributed by atoms with Crippen molar-refractivity contribution in [3.8, 4) is 5.88 Å². The number of amides is 1. The van der Waals surface area contributed by atoms with Gasteiger partial charge in [0.2, 0.25) is 11.8 Å². The lowest BCUT2D eigenvalue weighted by atomic mass is 10.1. The molecule has 0 aromatic carbocycles. The molecule has 1 aliphatic rings. The number of nitrogens with one attached hydrogen (secondary N) is 1. The Bertz CT molecular complexity index is 1010. The number of nitrogens with zero attached hydrogens (tertiary/aromatic N) is 5. The Kier molecular flexibility index (Phi) is 8.76. The van der Waals surface area contributed by atoms with Gasteiger partial charge in [0.05, 0.1) is 19.3 Å². The summed E-state index contributed by atoms with van der Waals surface area (Å²) in [6.45, 7) is 2.84. The highest BCUT2D eigenvalue weighted by Gasteiger charge is 2.35. The molecule has 1 N–H and O–H groups in total. The van der Waals surface area contributed by atoms with Crippen LogP contribution in [0.2, 0.25) is 0 Å². The highest BCUT2D eigenvalue weighted by atomic mass is 19.4. The average molecular weight is 522 g/mol. The molecule has 1 aliphatic heterocycles. The van der Waals surface area contributed by atoms with E-state index in [1.165, 1.54) is 6.20 Å². The van der Waals surface area contributed by atoms with E-state index < -0.39 is 35.5 Å². The molecular weight excluding hydrogens is 498 g/mol. The highest BCUT2D eigenvalue weighted by Crippen LogP contribution is 2.35. The molecule has 1 fully saturated rings. The number of anilines is 1. The van der Waals surface area contributed by atoms with E-state index >= 15 is 0 Å². The number of pyridine rings is 1. The molecular formula is C21H24F6N6O3. The maximum Gasteiger partial charge on any atom is 0.421 e. The van der Waals surface area contributed by atoms with Crippen LogP contribution in [0.1, 0.15) is 16.7 Å². The molecule has 0 aliphatic carbocycles. The molecule has 3 heterocycles. The monoisotopic (exact) mass is 522 g/mol. The normalized spacial score (nSPS) is 15.0. The second kappa shape index (κ2) is 11.6. The largest absolute Gasteiger partial charge is 0.481 e. The third-order valence-corrected chi connectivity index (χ3v) is 5.35. The lowest BCUT2D eigenvalue weighted by Gasteiger charge is -2.34. The fraction of sp³-hybridized carbons (Fsp3) is 0.524. The van der Waals surface area contributed by atoms with Crippen LogP contribution in [0.4, 0.5) is 37.1 Å². The van der Waals surface area contributed by atoms with Crippen LogP contribution in [0, 0.1) is 0 Å².